The largest absolute Gasteiger partial charge is 0.380 e. The molecular formula is C10H20O2P2. The first-order valence-corrected chi connectivity index (χ1v) is 9.43. The maximum absolute atomic E-state index is 5.63. The van der Waals surface area contributed by atoms with Crippen LogP contribution in [0.25, 0.3) is 0 Å². The smallest absolute Gasteiger partial charge is 0.0540 e. The van der Waals surface area contributed by atoms with Crippen LogP contribution in [0.2, 0.25) is 0 Å². The lowest BCUT2D eigenvalue weighted by Gasteiger charge is -2.40. The highest BCUT2D eigenvalue weighted by Gasteiger charge is 2.34. The first-order valence-electron chi connectivity index (χ1n) is 5.35. The summed E-state index contributed by atoms with van der Waals surface area (Å²) in [7, 11) is 0.413. The number of ether oxygens (including phenoxy) is 2. The zero-order valence-corrected chi connectivity index (χ0v) is 10.9. The Bertz CT molecular complexity index is 169. The van der Waals surface area contributed by atoms with Gasteiger partial charge < -0.3 is 9.47 Å². The third-order valence-electron chi connectivity index (χ3n) is 3.33. The van der Waals surface area contributed by atoms with Crippen molar-refractivity contribution in [2.45, 2.75) is 11.3 Å². The van der Waals surface area contributed by atoms with E-state index in [1.54, 1.807) is 0 Å². The van der Waals surface area contributed by atoms with E-state index >= 15 is 0 Å². The van der Waals surface area contributed by atoms with Crippen molar-refractivity contribution in [1.29, 1.82) is 0 Å². The Morgan fingerprint density at radius 3 is 1.64 bits per heavy atom. The van der Waals surface area contributed by atoms with Gasteiger partial charge in [-0.2, -0.15) is 0 Å². The molecule has 0 amide bonds. The molecule has 82 valence electrons. The summed E-state index contributed by atoms with van der Waals surface area (Å²) in [5.41, 5.74) is 1.66. The van der Waals surface area contributed by atoms with E-state index in [9.17, 15) is 0 Å². The van der Waals surface area contributed by atoms with Crippen LogP contribution in [-0.4, -0.2) is 63.4 Å². The first-order chi connectivity index (χ1) is 6.79. The lowest BCUT2D eigenvalue weighted by molar-refractivity contribution is 0.109. The molecule has 4 heteroatoms. The summed E-state index contributed by atoms with van der Waals surface area (Å²) in [4.78, 5) is 0. The lowest BCUT2D eigenvalue weighted by Crippen LogP contribution is -2.38. The molecule has 2 nitrogen and oxygen atoms in total. The Morgan fingerprint density at radius 1 is 0.857 bits per heavy atom. The van der Waals surface area contributed by atoms with Gasteiger partial charge in [-0.05, 0) is 25.7 Å². The van der Waals surface area contributed by atoms with Crippen molar-refractivity contribution in [3.8, 4) is 0 Å². The molecule has 2 rings (SSSR count). The van der Waals surface area contributed by atoms with Gasteiger partial charge in [-0.1, -0.05) is 0 Å². The normalized spacial score (nSPS) is 45.0. The molecule has 0 aromatic rings. The second-order valence-corrected chi connectivity index (χ2v) is 9.49. The van der Waals surface area contributed by atoms with Crippen LogP contribution in [-0.2, 0) is 9.47 Å². The van der Waals surface area contributed by atoms with Gasteiger partial charge in [0, 0.05) is 11.3 Å². The molecule has 2 fully saturated rings. The fourth-order valence-electron chi connectivity index (χ4n) is 2.22. The highest BCUT2D eigenvalue weighted by molar-refractivity contribution is 7.62. The molecule has 14 heavy (non-hydrogen) atoms. The summed E-state index contributed by atoms with van der Waals surface area (Å²) in [6, 6.07) is 0. The lowest BCUT2D eigenvalue weighted by atomic mass is 10.3. The highest BCUT2D eigenvalue weighted by atomic mass is 31.1. The van der Waals surface area contributed by atoms with Crippen molar-refractivity contribution in [3.63, 3.8) is 0 Å². The molecule has 0 bridgehead atoms. The fraction of sp³-hybridized carbons (Fsp3) is 1.00. The predicted octanol–water partition coefficient (Wildman–Crippen LogP) is 2.01. The Balaban J connectivity index is 1.96. The van der Waals surface area contributed by atoms with Gasteiger partial charge in [-0.15, -0.1) is 15.8 Å². The highest BCUT2D eigenvalue weighted by Crippen LogP contribution is 2.52. The van der Waals surface area contributed by atoms with Crippen molar-refractivity contribution in [1.82, 2.24) is 0 Å². The van der Waals surface area contributed by atoms with Crippen molar-refractivity contribution >= 4 is 15.8 Å². The topological polar surface area (TPSA) is 18.5 Å². The van der Waals surface area contributed by atoms with E-state index in [1.807, 2.05) is 0 Å². The monoisotopic (exact) mass is 234 g/mol. The Kier molecular flexibility index (Phi) is 4.20. The molecule has 0 saturated carbocycles. The van der Waals surface area contributed by atoms with E-state index in [4.69, 9.17) is 9.47 Å². The SMILES string of the molecule is CP1CCOCC1[C@H]1COCCP1C. The summed E-state index contributed by atoms with van der Waals surface area (Å²) >= 11 is 0. The van der Waals surface area contributed by atoms with E-state index in [1.165, 1.54) is 12.3 Å². The summed E-state index contributed by atoms with van der Waals surface area (Å²) in [6.07, 6.45) is 2.61. The Hall–Kier alpha value is 0.780. The van der Waals surface area contributed by atoms with Gasteiger partial charge in [-0.25, -0.2) is 0 Å². The van der Waals surface area contributed by atoms with Gasteiger partial charge in [0.05, 0.1) is 26.4 Å². The van der Waals surface area contributed by atoms with Gasteiger partial charge in [0.25, 0.3) is 0 Å². The molecule has 2 saturated heterocycles. The van der Waals surface area contributed by atoms with Crippen molar-refractivity contribution in [2.24, 2.45) is 0 Å². The van der Waals surface area contributed by atoms with E-state index in [0.717, 1.165) is 37.7 Å². The molecule has 2 heterocycles. The minimum atomic E-state index is 0.207. The standard InChI is InChI=1S/C10H20O2P2/c1-13-5-3-11-7-9(13)10-8-12-4-6-14(10)2/h9-10H,3-8H2,1-2H3/t9-,10?,13?,14?/m1/s1. The summed E-state index contributed by atoms with van der Waals surface area (Å²) in [5, 5.41) is 0. The summed E-state index contributed by atoms with van der Waals surface area (Å²) in [5.74, 6) is 0. The molecule has 0 N–H and O–H groups in total. The zero-order chi connectivity index (χ0) is 9.97. The van der Waals surface area contributed by atoms with Gasteiger partial charge in [0.15, 0.2) is 0 Å². The third-order valence-corrected chi connectivity index (χ3v) is 8.62. The van der Waals surface area contributed by atoms with Gasteiger partial charge in [-0.3, -0.25) is 0 Å². The molecule has 0 spiro atoms. The first kappa shape index (κ1) is 11.3. The van der Waals surface area contributed by atoms with Crippen LogP contribution in [0.5, 0.6) is 0 Å². The Morgan fingerprint density at radius 2 is 1.29 bits per heavy atom. The van der Waals surface area contributed by atoms with Crippen LogP contribution in [0, 0.1) is 0 Å². The maximum atomic E-state index is 5.63. The molecule has 0 aromatic heterocycles. The van der Waals surface area contributed by atoms with Crippen LogP contribution in [0.15, 0.2) is 0 Å². The van der Waals surface area contributed by atoms with Crippen LogP contribution >= 0.6 is 15.8 Å². The van der Waals surface area contributed by atoms with Gasteiger partial charge in [0.2, 0.25) is 0 Å². The second-order valence-electron chi connectivity index (χ2n) is 4.25. The minimum Gasteiger partial charge on any atom is -0.380 e. The molecule has 4 atom stereocenters. The quantitative estimate of drug-likeness (QED) is 0.646. The number of rotatable bonds is 1. The number of hydrogen-bond acceptors (Lipinski definition) is 2. The van der Waals surface area contributed by atoms with E-state index < -0.39 is 0 Å². The van der Waals surface area contributed by atoms with E-state index in [0.29, 0.717) is 0 Å². The molecular weight excluding hydrogens is 214 g/mol. The average molecular weight is 234 g/mol. The summed E-state index contributed by atoms with van der Waals surface area (Å²) in [6.45, 7) is 8.88. The molecule has 0 aromatic carbocycles. The van der Waals surface area contributed by atoms with Crippen molar-refractivity contribution in [3.05, 3.63) is 0 Å². The molecule has 3 unspecified atom stereocenters. The van der Waals surface area contributed by atoms with Crippen molar-refractivity contribution < 1.29 is 9.47 Å². The summed E-state index contributed by atoms with van der Waals surface area (Å²) < 4.78 is 11.3. The third kappa shape index (κ3) is 2.47. The van der Waals surface area contributed by atoms with Gasteiger partial charge >= 0.3 is 0 Å². The van der Waals surface area contributed by atoms with E-state index in [-0.39, 0.29) is 15.8 Å². The van der Waals surface area contributed by atoms with Crippen LogP contribution in [0.1, 0.15) is 0 Å². The van der Waals surface area contributed by atoms with Crippen LogP contribution < -0.4 is 0 Å². The van der Waals surface area contributed by atoms with Crippen molar-refractivity contribution in [2.75, 3.05) is 52.1 Å². The second kappa shape index (κ2) is 5.21. The molecule has 0 radical (unpaired) electrons. The maximum Gasteiger partial charge on any atom is 0.0540 e. The fourth-order valence-corrected chi connectivity index (χ4v) is 7.15. The van der Waals surface area contributed by atoms with Crippen LogP contribution in [0.3, 0.4) is 0 Å². The average Bonchev–Trinajstić information content (AvgIpc) is 2.20. The molecule has 0 aliphatic carbocycles. The zero-order valence-electron chi connectivity index (χ0n) is 9.11. The van der Waals surface area contributed by atoms with E-state index in [2.05, 4.69) is 13.3 Å². The number of hydrogen-bond donors (Lipinski definition) is 0. The minimum absolute atomic E-state index is 0.207. The molecule has 2 aliphatic rings. The van der Waals surface area contributed by atoms with Crippen LogP contribution in [0.4, 0.5) is 0 Å². The van der Waals surface area contributed by atoms with Gasteiger partial charge in [0.1, 0.15) is 0 Å². The Labute approximate surface area is 89.2 Å². The predicted molar refractivity (Wildman–Crippen MR) is 64.6 cm³/mol. The molecule has 2 aliphatic heterocycles.